The minimum Gasteiger partial charge on any atom is -0.454 e. The summed E-state index contributed by atoms with van der Waals surface area (Å²) in [6.07, 6.45) is 0. The highest BCUT2D eigenvalue weighted by Gasteiger charge is 2.25. The Morgan fingerprint density at radius 3 is 2.80 bits per heavy atom. The molecule has 30 heavy (non-hydrogen) atoms. The number of carbonyl (C=O) groups excluding carboxylic acids is 1. The normalized spacial score (nSPS) is 12.2. The fraction of sp³-hybridized carbons (Fsp3) is 0.100. The van der Waals surface area contributed by atoms with E-state index in [1.165, 1.54) is 0 Å². The highest BCUT2D eigenvalue weighted by Crippen LogP contribution is 2.36. The molecule has 1 aliphatic heterocycles. The molecule has 0 saturated heterocycles. The summed E-state index contributed by atoms with van der Waals surface area (Å²) in [7, 11) is 0. The van der Waals surface area contributed by atoms with E-state index in [1.54, 1.807) is 49.4 Å². The van der Waals surface area contributed by atoms with Gasteiger partial charge in [0.05, 0.1) is 5.02 Å². The van der Waals surface area contributed by atoms with Gasteiger partial charge in [-0.05, 0) is 31.2 Å². The second kappa shape index (κ2) is 7.20. The topological polar surface area (TPSA) is 113 Å². The summed E-state index contributed by atoms with van der Waals surface area (Å²) in [6.45, 7) is 1.80. The predicted octanol–water partition coefficient (Wildman–Crippen LogP) is 4.33. The van der Waals surface area contributed by atoms with Crippen LogP contribution < -0.4 is 14.8 Å². The first-order valence-electron chi connectivity index (χ1n) is 8.86. The lowest BCUT2D eigenvalue weighted by Gasteiger charge is -2.04. The van der Waals surface area contributed by atoms with E-state index in [4.69, 9.17) is 30.0 Å². The lowest BCUT2D eigenvalue weighted by molar-refractivity contribution is 0.102. The molecule has 150 valence electrons. The van der Waals surface area contributed by atoms with Gasteiger partial charge in [0, 0.05) is 11.1 Å². The number of amides is 1. The van der Waals surface area contributed by atoms with Gasteiger partial charge in [-0.2, -0.15) is 0 Å². The molecule has 5 rings (SSSR count). The van der Waals surface area contributed by atoms with Gasteiger partial charge in [0.2, 0.25) is 12.7 Å². The average molecular weight is 425 g/mol. The van der Waals surface area contributed by atoms with Crippen LogP contribution in [0, 0.1) is 6.92 Å². The van der Waals surface area contributed by atoms with Gasteiger partial charge < -0.3 is 18.4 Å². The van der Waals surface area contributed by atoms with Gasteiger partial charge in [0.1, 0.15) is 17.0 Å². The van der Waals surface area contributed by atoms with Crippen LogP contribution in [-0.2, 0) is 0 Å². The Labute approximate surface area is 174 Å². The van der Waals surface area contributed by atoms with E-state index in [0.29, 0.717) is 39.1 Å². The zero-order valence-electron chi connectivity index (χ0n) is 15.5. The van der Waals surface area contributed by atoms with Gasteiger partial charge in [-0.15, -0.1) is 5.10 Å². The van der Waals surface area contributed by atoms with E-state index in [0.717, 1.165) is 0 Å². The quantitative estimate of drug-likeness (QED) is 0.515. The van der Waals surface area contributed by atoms with Gasteiger partial charge in [0.15, 0.2) is 11.5 Å². The van der Waals surface area contributed by atoms with Crippen molar-refractivity contribution in [3.05, 3.63) is 58.8 Å². The molecule has 1 N–H and O–H groups in total. The second-order valence-electron chi connectivity index (χ2n) is 6.38. The van der Waals surface area contributed by atoms with Crippen molar-refractivity contribution in [1.29, 1.82) is 0 Å². The fourth-order valence-corrected chi connectivity index (χ4v) is 3.28. The summed E-state index contributed by atoms with van der Waals surface area (Å²) in [5.74, 6) is 1.27. The Hall–Kier alpha value is -3.85. The molecule has 0 unspecified atom stereocenters. The minimum absolute atomic E-state index is 0.0709. The molecule has 2 aromatic heterocycles. The molecule has 3 heterocycles. The van der Waals surface area contributed by atoms with Gasteiger partial charge in [0.25, 0.3) is 5.91 Å². The van der Waals surface area contributed by atoms with Crippen LogP contribution in [0.25, 0.3) is 22.7 Å². The Morgan fingerprint density at radius 2 is 1.93 bits per heavy atom. The summed E-state index contributed by atoms with van der Waals surface area (Å²) in [5.41, 5.74) is 1.76. The molecule has 0 aliphatic carbocycles. The standard InChI is InChI=1S/C20H13ClN4O5/c1-10-16(17(25-30-10)12-4-2-3-5-13(12)21)18(26)22-20-24-23-19(29-20)11-6-7-14-15(8-11)28-9-27-14/h2-8H,9H2,1H3,(H,22,24,26). The maximum Gasteiger partial charge on any atom is 0.322 e. The summed E-state index contributed by atoms with van der Waals surface area (Å²) in [4.78, 5) is 12.9. The third-order valence-electron chi connectivity index (χ3n) is 4.48. The summed E-state index contributed by atoms with van der Waals surface area (Å²) < 4.78 is 21.4. The number of carbonyl (C=O) groups is 1. The molecular weight excluding hydrogens is 412 g/mol. The predicted molar refractivity (Wildman–Crippen MR) is 105 cm³/mol. The largest absolute Gasteiger partial charge is 0.454 e. The van der Waals surface area contributed by atoms with Gasteiger partial charge in [-0.25, -0.2) is 0 Å². The number of aryl methyl sites for hydroxylation is 1. The number of benzene rings is 2. The lowest BCUT2D eigenvalue weighted by Crippen LogP contribution is -2.13. The van der Waals surface area contributed by atoms with Crippen molar-refractivity contribution in [2.24, 2.45) is 0 Å². The molecule has 4 aromatic rings. The molecule has 10 heteroatoms. The van der Waals surface area contributed by atoms with Crippen LogP contribution in [0.1, 0.15) is 16.1 Å². The van der Waals surface area contributed by atoms with E-state index in [2.05, 4.69) is 20.7 Å². The highest BCUT2D eigenvalue weighted by molar-refractivity contribution is 6.33. The van der Waals surface area contributed by atoms with Crippen molar-refractivity contribution in [1.82, 2.24) is 15.4 Å². The molecule has 1 amide bonds. The molecule has 0 spiro atoms. The second-order valence-corrected chi connectivity index (χ2v) is 6.78. The molecule has 9 nitrogen and oxygen atoms in total. The number of ether oxygens (including phenoxy) is 2. The number of fused-ring (bicyclic) bond motifs is 1. The van der Waals surface area contributed by atoms with Crippen molar-refractivity contribution in [3.63, 3.8) is 0 Å². The maximum absolute atomic E-state index is 12.9. The van der Waals surface area contributed by atoms with Crippen LogP contribution >= 0.6 is 11.6 Å². The number of aromatic nitrogens is 3. The molecule has 0 bridgehead atoms. The minimum atomic E-state index is -0.510. The number of hydrogen-bond donors (Lipinski definition) is 1. The summed E-state index contributed by atoms with van der Waals surface area (Å²) in [6, 6.07) is 12.2. The number of anilines is 1. The Bertz CT molecular complexity index is 1270. The summed E-state index contributed by atoms with van der Waals surface area (Å²) in [5, 5.41) is 14.9. The molecular formula is C20H13ClN4O5. The van der Waals surface area contributed by atoms with E-state index < -0.39 is 5.91 Å². The Kier molecular flexibility index (Phi) is 4.36. The van der Waals surface area contributed by atoms with Crippen LogP contribution in [0.15, 0.2) is 51.4 Å². The van der Waals surface area contributed by atoms with Crippen LogP contribution in [0.3, 0.4) is 0 Å². The number of nitrogens with zero attached hydrogens (tertiary/aromatic N) is 3. The van der Waals surface area contributed by atoms with Crippen LogP contribution in [0.2, 0.25) is 5.02 Å². The number of rotatable bonds is 4. The number of hydrogen-bond acceptors (Lipinski definition) is 8. The first-order valence-corrected chi connectivity index (χ1v) is 9.24. The molecule has 0 fully saturated rings. The van der Waals surface area contributed by atoms with Gasteiger partial charge >= 0.3 is 6.01 Å². The van der Waals surface area contributed by atoms with E-state index in [1.807, 2.05) is 0 Å². The zero-order chi connectivity index (χ0) is 20.7. The number of nitrogens with one attached hydrogen (secondary N) is 1. The van der Waals surface area contributed by atoms with Crippen molar-refractivity contribution in [2.75, 3.05) is 12.1 Å². The molecule has 0 radical (unpaired) electrons. The highest BCUT2D eigenvalue weighted by atomic mass is 35.5. The molecule has 1 aliphatic rings. The van der Waals surface area contributed by atoms with Gasteiger partial charge in [-0.3, -0.25) is 10.1 Å². The van der Waals surface area contributed by atoms with E-state index >= 15 is 0 Å². The Balaban J connectivity index is 1.41. The fourth-order valence-electron chi connectivity index (χ4n) is 3.06. The van der Waals surface area contributed by atoms with Gasteiger partial charge in [-0.1, -0.05) is 40.1 Å². The third-order valence-corrected chi connectivity index (χ3v) is 4.81. The molecule has 2 aromatic carbocycles. The van der Waals surface area contributed by atoms with Crippen molar-refractivity contribution < 1.29 is 23.2 Å². The van der Waals surface area contributed by atoms with E-state index in [-0.39, 0.29) is 24.3 Å². The van der Waals surface area contributed by atoms with Crippen LogP contribution in [0.4, 0.5) is 6.01 Å². The first-order chi connectivity index (χ1) is 14.6. The Morgan fingerprint density at radius 1 is 1.10 bits per heavy atom. The maximum atomic E-state index is 12.9. The van der Waals surface area contributed by atoms with E-state index in [9.17, 15) is 4.79 Å². The third kappa shape index (κ3) is 3.15. The smallest absolute Gasteiger partial charge is 0.322 e. The van der Waals surface area contributed by atoms with Crippen molar-refractivity contribution in [3.8, 4) is 34.2 Å². The number of halogens is 1. The summed E-state index contributed by atoms with van der Waals surface area (Å²) >= 11 is 6.24. The lowest BCUT2D eigenvalue weighted by atomic mass is 10.1. The SMILES string of the molecule is Cc1onc(-c2ccccc2Cl)c1C(=O)Nc1nnc(-c2ccc3c(c2)OCO3)o1. The first kappa shape index (κ1) is 18.2. The van der Waals surface area contributed by atoms with Crippen molar-refractivity contribution >= 4 is 23.5 Å². The van der Waals surface area contributed by atoms with Crippen LogP contribution in [-0.4, -0.2) is 28.1 Å². The molecule has 0 saturated carbocycles. The van der Waals surface area contributed by atoms with Crippen LogP contribution in [0.5, 0.6) is 11.5 Å². The zero-order valence-corrected chi connectivity index (χ0v) is 16.3. The molecule has 0 atom stereocenters. The monoisotopic (exact) mass is 424 g/mol. The average Bonchev–Trinajstić information content (AvgIpc) is 3.47. The van der Waals surface area contributed by atoms with Crippen molar-refractivity contribution in [2.45, 2.75) is 6.92 Å².